The minimum Gasteiger partial charge on any atom is -0.489 e. The molecular weight excluding hydrogens is 246 g/mol. The Morgan fingerprint density at radius 3 is 3.06 bits per heavy atom. The molecule has 1 aromatic carbocycles. The Morgan fingerprint density at radius 1 is 1.56 bits per heavy atom. The molecule has 18 heavy (non-hydrogen) atoms. The second-order valence-electron chi connectivity index (χ2n) is 4.99. The molecule has 2 rings (SSSR count). The van der Waals surface area contributed by atoms with Gasteiger partial charge < -0.3 is 10.5 Å². The van der Waals surface area contributed by atoms with E-state index in [9.17, 15) is 4.21 Å². The number of ether oxygens (including phenoxy) is 1. The molecule has 0 fully saturated rings. The Bertz CT molecular complexity index is 447. The number of rotatable bonds is 5. The maximum Gasteiger partial charge on any atom is 0.123 e. The van der Waals surface area contributed by atoms with Gasteiger partial charge in [-0.3, -0.25) is 4.21 Å². The maximum absolute atomic E-state index is 12.1. The average molecular weight is 267 g/mol. The smallest absolute Gasteiger partial charge is 0.123 e. The van der Waals surface area contributed by atoms with Crippen LogP contribution in [0.2, 0.25) is 0 Å². The van der Waals surface area contributed by atoms with E-state index in [1.807, 2.05) is 13.0 Å². The quantitative estimate of drug-likeness (QED) is 0.885. The van der Waals surface area contributed by atoms with Gasteiger partial charge in [0.15, 0.2) is 0 Å². The van der Waals surface area contributed by atoms with E-state index in [2.05, 4.69) is 19.1 Å². The van der Waals surface area contributed by atoms with Gasteiger partial charge in [0.05, 0.1) is 5.75 Å². The van der Waals surface area contributed by atoms with Crippen molar-refractivity contribution >= 4 is 10.8 Å². The lowest BCUT2D eigenvalue weighted by molar-refractivity contribution is 0.258. The van der Waals surface area contributed by atoms with E-state index >= 15 is 0 Å². The molecule has 0 aliphatic carbocycles. The number of benzene rings is 1. The van der Waals surface area contributed by atoms with Crippen LogP contribution in [-0.4, -0.2) is 27.9 Å². The normalized spacial score (nSPS) is 21.2. The lowest BCUT2D eigenvalue weighted by Crippen LogP contribution is -2.27. The van der Waals surface area contributed by atoms with Gasteiger partial charge in [0, 0.05) is 22.5 Å². The van der Waals surface area contributed by atoms with Gasteiger partial charge in [-0.25, -0.2) is 0 Å². The van der Waals surface area contributed by atoms with Gasteiger partial charge in [0.2, 0.25) is 0 Å². The third-order valence-electron chi connectivity index (χ3n) is 3.33. The van der Waals surface area contributed by atoms with Crippen molar-refractivity contribution in [2.45, 2.75) is 38.0 Å². The fourth-order valence-corrected chi connectivity index (χ4v) is 3.54. The van der Waals surface area contributed by atoms with Crippen molar-refractivity contribution in [1.82, 2.24) is 0 Å². The second-order valence-corrected chi connectivity index (χ2v) is 6.89. The van der Waals surface area contributed by atoms with Crippen LogP contribution < -0.4 is 10.5 Å². The molecular formula is C14H21NO2S. The molecule has 0 spiro atoms. The van der Waals surface area contributed by atoms with Gasteiger partial charge in [-0.15, -0.1) is 0 Å². The van der Waals surface area contributed by atoms with Crippen molar-refractivity contribution in [1.29, 1.82) is 0 Å². The van der Waals surface area contributed by atoms with Gasteiger partial charge in [-0.2, -0.15) is 0 Å². The molecule has 2 N–H and O–H groups in total. The highest BCUT2D eigenvalue weighted by atomic mass is 32.2. The molecule has 0 aromatic heterocycles. The van der Waals surface area contributed by atoms with Crippen molar-refractivity contribution in [2.75, 3.05) is 12.3 Å². The van der Waals surface area contributed by atoms with Crippen LogP contribution in [0.25, 0.3) is 0 Å². The SMILES string of the molecule is Cc1ccc2c(c1)CC(CS(=O)C(C)CCN)O2. The lowest BCUT2D eigenvalue weighted by atomic mass is 10.1. The van der Waals surface area contributed by atoms with Crippen LogP contribution in [0, 0.1) is 6.92 Å². The summed E-state index contributed by atoms with van der Waals surface area (Å²) in [4.78, 5) is 0. The van der Waals surface area contributed by atoms with Crippen LogP contribution in [0.15, 0.2) is 18.2 Å². The summed E-state index contributed by atoms with van der Waals surface area (Å²) in [6.45, 7) is 4.67. The van der Waals surface area contributed by atoms with E-state index in [0.29, 0.717) is 12.3 Å². The molecule has 0 saturated carbocycles. The van der Waals surface area contributed by atoms with Crippen LogP contribution >= 0.6 is 0 Å². The summed E-state index contributed by atoms with van der Waals surface area (Å²) in [5.41, 5.74) is 7.98. The molecule has 0 saturated heterocycles. The highest BCUT2D eigenvalue weighted by molar-refractivity contribution is 7.85. The predicted octanol–water partition coefficient (Wildman–Crippen LogP) is 1.78. The highest BCUT2D eigenvalue weighted by Gasteiger charge is 2.26. The van der Waals surface area contributed by atoms with Crippen LogP contribution in [0.4, 0.5) is 0 Å². The van der Waals surface area contributed by atoms with Crippen molar-refractivity contribution in [3.05, 3.63) is 29.3 Å². The van der Waals surface area contributed by atoms with E-state index < -0.39 is 10.8 Å². The first-order valence-corrected chi connectivity index (χ1v) is 7.81. The number of aryl methyl sites for hydroxylation is 1. The van der Waals surface area contributed by atoms with Crippen LogP contribution in [0.1, 0.15) is 24.5 Å². The first-order chi connectivity index (χ1) is 8.60. The zero-order chi connectivity index (χ0) is 13.1. The standard InChI is InChI=1S/C14H21NO2S/c1-10-3-4-14-12(7-10)8-13(17-14)9-18(16)11(2)5-6-15/h3-4,7,11,13H,5-6,8-9,15H2,1-2H3. The Balaban J connectivity index is 1.93. The predicted molar refractivity (Wildman–Crippen MR) is 75.4 cm³/mol. The minimum atomic E-state index is -0.853. The fourth-order valence-electron chi connectivity index (χ4n) is 2.26. The summed E-state index contributed by atoms with van der Waals surface area (Å²) in [6, 6.07) is 6.22. The monoisotopic (exact) mass is 267 g/mol. The molecule has 1 aliphatic heterocycles. The Morgan fingerprint density at radius 2 is 2.33 bits per heavy atom. The maximum atomic E-state index is 12.1. The number of nitrogens with two attached hydrogens (primary N) is 1. The Hall–Kier alpha value is -0.870. The van der Waals surface area contributed by atoms with E-state index in [1.54, 1.807) is 0 Å². The van der Waals surface area contributed by atoms with Gasteiger partial charge in [-0.1, -0.05) is 24.6 Å². The molecule has 4 heteroatoms. The van der Waals surface area contributed by atoms with E-state index in [4.69, 9.17) is 10.5 Å². The van der Waals surface area contributed by atoms with E-state index in [0.717, 1.165) is 18.6 Å². The zero-order valence-electron chi connectivity index (χ0n) is 11.0. The van der Waals surface area contributed by atoms with Crippen molar-refractivity contribution in [3.63, 3.8) is 0 Å². The van der Waals surface area contributed by atoms with Gasteiger partial charge >= 0.3 is 0 Å². The third kappa shape index (κ3) is 3.12. The molecule has 0 amide bonds. The zero-order valence-corrected chi connectivity index (χ0v) is 11.8. The summed E-state index contributed by atoms with van der Waals surface area (Å²) < 4.78 is 17.9. The average Bonchev–Trinajstić information content (AvgIpc) is 2.70. The summed E-state index contributed by atoms with van der Waals surface area (Å²) in [6.07, 6.45) is 1.74. The van der Waals surface area contributed by atoms with Gasteiger partial charge in [0.1, 0.15) is 11.9 Å². The topological polar surface area (TPSA) is 52.3 Å². The van der Waals surface area contributed by atoms with Crippen LogP contribution in [0.3, 0.4) is 0 Å². The van der Waals surface area contributed by atoms with Gasteiger partial charge in [0.25, 0.3) is 0 Å². The Labute approximate surface area is 111 Å². The van der Waals surface area contributed by atoms with E-state index in [-0.39, 0.29) is 11.4 Å². The molecule has 3 atom stereocenters. The molecule has 0 bridgehead atoms. The molecule has 3 nitrogen and oxygen atoms in total. The second kappa shape index (κ2) is 5.85. The summed E-state index contributed by atoms with van der Waals surface area (Å²) in [7, 11) is -0.853. The summed E-state index contributed by atoms with van der Waals surface area (Å²) in [5.74, 6) is 1.56. The van der Waals surface area contributed by atoms with Crippen LogP contribution in [-0.2, 0) is 17.2 Å². The minimum absolute atomic E-state index is 0.0582. The van der Waals surface area contributed by atoms with Crippen LogP contribution in [0.5, 0.6) is 5.75 Å². The molecule has 100 valence electrons. The summed E-state index contributed by atoms with van der Waals surface area (Å²) >= 11 is 0. The first kappa shape index (κ1) is 13.6. The molecule has 1 heterocycles. The largest absolute Gasteiger partial charge is 0.489 e. The van der Waals surface area contributed by atoms with Crippen molar-refractivity contribution in [2.24, 2.45) is 5.73 Å². The lowest BCUT2D eigenvalue weighted by Gasteiger charge is -2.14. The number of hydrogen-bond donors (Lipinski definition) is 1. The fraction of sp³-hybridized carbons (Fsp3) is 0.571. The molecule has 3 unspecified atom stereocenters. The summed E-state index contributed by atoms with van der Waals surface area (Å²) in [5, 5.41) is 0.157. The number of hydrogen-bond acceptors (Lipinski definition) is 3. The van der Waals surface area contributed by atoms with Gasteiger partial charge in [-0.05, 0) is 31.5 Å². The third-order valence-corrected chi connectivity index (χ3v) is 5.16. The number of fused-ring (bicyclic) bond motifs is 1. The van der Waals surface area contributed by atoms with Crippen molar-refractivity contribution < 1.29 is 8.95 Å². The Kier molecular flexibility index (Phi) is 4.40. The van der Waals surface area contributed by atoms with Crippen molar-refractivity contribution in [3.8, 4) is 5.75 Å². The molecule has 1 aromatic rings. The molecule has 1 aliphatic rings. The highest BCUT2D eigenvalue weighted by Crippen LogP contribution is 2.30. The van der Waals surface area contributed by atoms with E-state index in [1.165, 1.54) is 11.1 Å². The first-order valence-electron chi connectivity index (χ1n) is 6.43. The molecule has 0 radical (unpaired) electrons.